The van der Waals surface area contributed by atoms with E-state index in [1.165, 1.54) is 18.7 Å². The highest BCUT2D eigenvalue weighted by Gasteiger charge is 2.26. The van der Waals surface area contributed by atoms with Crippen molar-refractivity contribution < 1.29 is 19.2 Å². The Balaban J connectivity index is 2.19. The van der Waals surface area contributed by atoms with Crippen LogP contribution in [0, 0.1) is 19.3 Å². The molecule has 0 unspecified atom stereocenters. The van der Waals surface area contributed by atoms with Crippen LogP contribution in [0.4, 0.5) is 0 Å². The van der Waals surface area contributed by atoms with Crippen LogP contribution in [-0.4, -0.2) is 40.0 Å². The SMILES string of the molecule is CC(=O)c1c(C)[nH]c(C(=O)[C@H](C)Sc2ccccc2C(=O)NCC(=O)C(C)(C)C)c1C. The molecule has 1 heterocycles. The fraction of sp³-hybridized carbons (Fsp3) is 0.417. The fourth-order valence-electron chi connectivity index (χ4n) is 3.25. The van der Waals surface area contributed by atoms with Crippen LogP contribution in [0.3, 0.4) is 0 Å². The molecule has 2 aromatic rings. The lowest BCUT2D eigenvalue weighted by molar-refractivity contribution is -0.125. The molecule has 31 heavy (non-hydrogen) atoms. The summed E-state index contributed by atoms with van der Waals surface area (Å²) in [6.07, 6.45) is 0. The predicted octanol–water partition coefficient (Wildman–Crippen LogP) is 4.54. The van der Waals surface area contributed by atoms with Crippen LogP contribution >= 0.6 is 11.8 Å². The average Bonchev–Trinajstić information content (AvgIpc) is 2.98. The van der Waals surface area contributed by atoms with Gasteiger partial charge in [-0.2, -0.15) is 0 Å². The average molecular weight is 443 g/mol. The summed E-state index contributed by atoms with van der Waals surface area (Å²) >= 11 is 1.27. The molecule has 0 aliphatic heterocycles. The standard InChI is InChI=1S/C24H30N2O4S/c1-13-20(15(3)27)14(2)26-21(13)22(29)16(4)31-18-11-9-8-10-17(18)23(30)25-12-19(28)24(5,6)7/h8-11,16,26H,12H2,1-7H3,(H,25,30)/t16-/m0/s1. The van der Waals surface area contributed by atoms with Crippen LogP contribution in [0.25, 0.3) is 0 Å². The molecule has 2 rings (SSSR count). The number of nitrogens with one attached hydrogen (secondary N) is 2. The molecule has 1 aromatic heterocycles. The first kappa shape index (κ1) is 24.6. The summed E-state index contributed by atoms with van der Waals surface area (Å²) in [5.41, 5.74) is 2.16. The van der Waals surface area contributed by atoms with Gasteiger partial charge in [0.2, 0.25) is 0 Å². The number of carbonyl (C=O) groups excluding carboxylic acids is 4. The first-order valence-electron chi connectivity index (χ1n) is 10.2. The van der Waals surface area contributed by atoms with Crippen molar-refractivity contribution in [3.05, 3.63) is 52.3 Å². The molecule has 0 saturated heterocycles. The minimum absolute atomic E-state index is 0.0510. The fourth-order valence-corrected chi connectivity index (χ4v) is 4.30. The summed E-state index contributed by atoms with van der Waals surface area (Å²) < 4.78 is 0. The Morgan fingerprint density at radius 3 is 2.26 bits per heavy atom. The molecule has 0 aliphatic carbocycles. The zero-order valence-electron chi connectivity index (χ0n) is 19.1. The van der Waals surface area contributed by atoms with E-state index in [1.807, 2.05) is 0 Å². The molecule has 166 valence electrons. The van der Waals surface area contributed by atoms with Crippen LogP contribution in [0.5, 0.6) is 0 Å². The number of benzene rings is 1. The Bertz CT molecular complexity index is 1030. The molecule has 2 N–H and O–H groups in total. The van der Waals surface area contributed by atoms with Gasteiger partial charge in [0.05, 0.1) is 23.1 Å². The van der Waals surface area contributed by atoms with E-state index >= 15 is 0 Å². The summed E-state index contributed by atoms with van der Waals surface area (Å²) in [4.78, 5) is 53.4. The second-order valence-electron chi connectivity index (χ2n) is 8.66. The number of aromatic amines is 1. The maximum absolute atomic E-state index is 13.1. The van der Waals surface area contributed by atoms with Gasteiger partial charge < -0.3 is 10.3 Å². The van der Waals surface area contributed by atoms with Crippen molar-refractivity contribution in [2.45, 2.75) is 58.6 Å². The zero-order chi connectivity index (χ0) is 23.5. The van der Waals surface area contributed by atoms with Gasteiger partial charge in [-0.15, -0.1) is 11.8 Å². The van der Waals surface area contributed by atoms with Gasteiger partial charge in [-0.05, 0) is 45.4 Å². The number of Topliss-reactive ketones (excluding diaryl/α,β-unsaturated/α-hetero) is 3. The minimum Gasteiger partial charge on any atom is -0.355 e. The molecule has 6 nitrogen and oxygen atoms in total. The van der Waals surface area contributed by atoms with Crippen molar-refractivity contribution in [1.82, 2.24) is 10.3 Å². The van der Waals surface area contributed by atoms with E-state index in [0.29, 0.717) is 33.0 Å². The number of aromatic nitrogens is 1. The number of thioether (sulfide) groups is 1. The molecule has 1 amide bonds. The first-order valence-corrected chi connectivity index (χ1v) is 11.0. The quantitative estimate of drug-likeness (QED) is 0.462. The van der Waals surface area contributed by atoms with E-state index in [4.69, 9.17) is 0 Å². The van der Waals surface area contributed by atoms with Gasteiger partial charge in [-0.3, -0.25) is 19.2 Å². The normalized spacial score (nSPS) is 12.4. The van der Waals surface area contributed by atoms with Crippen LogP contribution in [0.1, 0.15) is 77.1 Å². The van der Waals surface area contributed by atoms with E-state index in [9.17, 15) is 19.2 Å². The van der Waals surface area contributed by atoms with Crippen molar-refractivity contribution >= 4 is 35.0 Å². The Morgan fingerprint density at radius 2 is 1.71 bits per heavy atom. The van der Waals surface area contributed by atoms with Crippen LogP contribution in [0.2, 0.25) is 0 Å². The van der Waals surface area contributed by atoms with E-state index in [-0.39, 0.29) is 29.8 Å². The number of rotatable bonds is 8. The van der Waals surface area contributed by atoms with Crippen LogP contribution < -0.4 is 5.32 Å². The van der Waals surface area contributed by atoms with E-state index < -0.39 is 10.7 Å². The van der Waals surface area contributed by atoms with Gasteiger partial charge >= 0.3 is 0 Å². The summed E-state index contributed by atoms with van der Waals surface area (Å²) in [7, 11) is 0. The van der Waals surface area contributed by atoms with Gasteiger partial charge in [0.25, 0.3) is 5.91 Å². The Morgan fingerprint density at radius 1 is 1.10 bits per heavy atom. The van der Waals surface area contributed by atoms with Crippen LogP contribution in [0.15, 0.2) is 29.2 Å². The van der Waals surface area contributed by atoms with Gasteiger partial charge in [0.1, 0.15) is 0 Å². The lowest BCUT2D eigenvalue weighted by Gasteiger charge is -2.17. The van der Waals surface area contributed by atoms with Gasteiger partial charge in [-0.1, -0.05) is 32.9 Å². The third-order valence-electron chi connectivity index (χ3n) is 5.09. The van der Waals surface area contributed by atoms with Gasteiger partial charge in [0, 0.05) is 21.6 Å². The summed E-state index contributed by atoms with van der Waals surface area (Å²) in [6, 6.07) is 7.00. The number of carbonyl (C=O) groups is 4. The summed E-state index contributed by atoms with van der Waals surface area (Å²) in [5, 5.41) is 2.20. The molecule has 1 aromatic carbocycles. The number of H-pyrrole nitrogens is 1. The molecule has 0 fully saturated rings. The summed E-state index contributed by atoms with van der Waals surface area (Å²) in [6.45, 7) is 12.2. The topological polar surface area (TPSA) is 96.1 Å². The zero-order valence-corrected chi connectivity index (χ0v) is 20.0. The summed E-state index contributed by atoms with van der Waals surface area (Å²) in [5.74, 6) is -0.645. The highest BCUT2D eigenvalue weighted by atomic mass is 32.2. The van der Waals surface area contributed by atoms with E-state index in [2.05, 4.69) is 10.3 Å². The molecular formula is C24H30N2O4S. The lowest BCUT2D eigenvalue weighted by Crippen LogP contribution is -2.35. The van der Waals surface area contributed by atoms with Gasteiger partial charge in [-0.25, -0.2) is 0 Å². The predicted molar refractivity (Wildman–Crippen MR) is 123 cm³/mol. The van der Waals surface area contributed by atoms with Gasteiger partial charge in [0.15, 0.2) is 17.3 Å². The molecule has 1 atom stereocenters. The highest BCUT2D eigenvalue weighted by molar-refractivity contribution is 8.00. The van der Waals surface area contributed by atoms with Crippen molar-refractivity contribution in [2.24, 2.45) is 5.41 Å². The Kier molecular flexibility index (Phi) is 7.65. The molecular weight excluding hydrogens is 412 g/mol. The number of ketones is 3. The molecule has 0 bridgehead atoms. The largest absolute Gasteiger partial charge is 0.355 e. The lowest BCUT2D eigenvalue weighted by atomic mass is 9.91. The van der Waals surface area contributed by atoms with Crippen molar-refractivity contribution in [1.29, 1.82) is 0 Å². The molecule has 0 aliphatic rings. The first-order chi connectivity index (χ1) is 14.3. The molecule has 0 radical (unpaired) electrons. The number of amides is 1. The Hall–Kier alpha value is -2.67. The van der Waals surface area contributed by atoms with E-state index in [0.717, 1.165) is 0 Å². The smallest absolute Gasteiger partial charge is 0.252 e. The third kappa shape index (κ3) is 5.73. The van der Waals surface area contributed by atoms with E-state index in [1.54, 1.807) is 65.8 Å². The molecule has 0 saturated carbocycles. The number of hydrogen-bond donors (Lipinski definition) is 2. The number of aryl methyl sites for hydroxylation is 1. The number of hydrogen-bond acceptors (Lipinski definition) is 5. The maximum Gasteiger partial charge on any atom is 0.252 e. The second kappa shape index (κ2) is 9.64. The van der Waals surface area contributed by atoms with Crippen molar-refractivity contribution in [2.75, 3.05) is 6.54 Å². The molecule has 0 spiro atoms. The Labute approximate surface area is 187 Å². The minimum atomic E-state index is -0.534. The van der Waals surface area contributed by atoms with Crippen LogP contribution in [-0.2, 0) is 4.79 Å². The van der Waals surface area contributed by atoms with Crippen molar-refractivity contribution in [3.63, 3.8) is 0 Å². The third-order valence-corrected chi connectivity index (χ3v) is 6.26. The molecule has 7 heteroatoms. The van der Waals surface area contributed by atoms with Crippen molar-refractivity contribution in [3.8, 4) is 0 Å². The monoisotopic (exact) mass is 442 g/mol. The second-order valence-corrected chi connectivity index (χ2v) is 10.0. The maximum atomic E-state index is 13.1. The highest BCUT2D eigenvalue weighted by Crippen LogP contribution is 2.30.